The fourth-order valence-corrected chi connectivity index (χ4v) is 2.70. The Bertz CT molecular complexity index is 284. The summed E-state index contributed by atoms with van der Waals surface area (Å²) >= 11 is 0. The highest BCUT2D eigenvalue weighted by atomic mass is 32.2. The summed E-state index contributed by atoms with van der Waals surface area (Å²) in [6.07, 6.45) is 0.749. The second-order valence-corrected chi connectivity index (χ2v) is 5.79. The monoisotopic (exact) mass is 221 g/mol. The summed E-state index contributed by atoms with van der Waals surface area (Å²) in [6, 6.07) is 0. The summed E-state index contributed by atoms with van der Waals surface area (Å²) in [6.45, 7) is 1.77. The molecule has 1 fully saturated rings. The van der Waals surface area contributed by atoms with E-state index in [2.05, 4.69) is 0 Å². The van der Waals surface area contributed by atoms with Crippen LogP contribution in [0, 0.1) is 0 Å². The van der Waals surface area contributed by atoms with Gasteiger partial charge in [0.2, 0.25) is 0 Å². The molecule has 0 spiro atoms. The second kappa shape index (κ2) is 4.75. The van der Waals surface area contributed by atoms with Crippen molar-refractivity contribution in [2.45, 2.75) is 12.8 Å². The lowest BCUT2D eigenvalue weighted by molar-refractivity contribution is -0.137. The summed E-state index contributed by atoms with van der Waals surface area (Å²) in [4.78, 5) is 12.2. The molecule has 0 amide bonds. The quantitative estimate of drug-likeness (QED) is 0.698. The normalized spacial score (nSPS) is 22.0. The van der Waals surface area contributed by atoms with Gasteiger partial charge in [-0.1, -0.05) is 0 Å². The van der Waals surface area contributed by atoms with Gasteiger partial charge in [-0.15, -0.1) is 0 Å². The van der Waals surface area contributed by atoms with Crippen LogP contribution in [-0.4, -0.2) is 55.5 Å². The Kier molecular flexibility index (Phi) is 3.88. The minimum atomic E-state index is -2.82. The van der Waals surface area contributed by atoms with Gasteiger partial charge in [-0.2, -0.15) is 0 Å². The molecule has 1 rings (SSSR count). The average molecular weight is 221 g/mol. The van der Waals surface area contributed by atoms with Gasteiger partial charge in [0.1, 0.15) is 0 Å². The molecular weight excluding hydrogens is 206 g/mol. The van der Waals surface area contributed by atoms with Gasteiger partial charge in [0, 0.05) is 19.5 Å². The first-order chi connectivity index (χ1) is 6.49. The summed E-state index contributed by atoms with van der Waals surface area (Å²) in [5, 5.41) is 8.41. The van der Waals surface area contributed by atoms with E-state index in [0.717, 1.165) is 0 Å². The van der Waals surface area contributed by atoms with E-state index in [1.54, 1.807) is 0 Å². The molecule has 1 aliphatic rings. The number of carbonyl (C=O) groups is 1. The Morgan fingerprint density at radius 1 is 1.29 bits per heavy atom. The molecule has 1 aliphatic heterocycles. The van der Waals surface area contributed by atoms with Crippen molar-refractivity contribution in [3.63, 3.8) is 0 Å². The first kappa shape index (κ1) is 11.5. The maximum absolute atomic E-state index is 11.1. The molecule has 14 heavy (non-hydrogen) atoms. The number of sulfone groups is 1. The fourth-order valence-electron chi connectivity index (χ4n) is 1.43. The van der Waals surface area contributed by atoms with Crippen LogP contribution in [0.3, 0.4) is 0 Å². The first-order valence-corrected chi connectivity index (χ1v) is 6.46. The summed E-state index contributed by atoms with van der Waals surface area (Å²) < 4.78 is 22.1. The van der Waals surface area contributed by atoms with Gasteiger partial charge in [-0.05, 0) is 13.0 Å². The van der Waals surface area contributed by atoms with E-state index in [1.807, 2.05) is 4.90 Å². The van der Waals surface area contributed by atoms with Gasteiger partial charge < -0.3 is 10.0 Å². The zero-order valence-corrected chi connectivity index (χ0v) is 8.79. The SMILES string of the molecule is O=C(O)CCCN1CCS(=O)(=O)CC1. The molecule has 1 heterocycles. The largest absolute Gasteiger partial charge is 0.481 e. The molecule has 0 unspecified atom stereocenters. The van der Waals surface area contributed by atoms with E-state index < -0.39 is 15.8 Å². The average Bonchev–Trinajstić information content (AvgIpc) is 2.07. The maximum atomic E-state index is 11.1. The summed E-state index contributed by atoms with van der Waals surface area (Å²) in [5.41, 5.74) is 0. The molecule has 0 aromatic heterocycles. The van der Waals surface area contributed by atoms with Crippen molar-refractivity contribution in [1.29, 1.82) is 0 Å². The highest BCUT2D eigenvalue weighted by Crippen LogP contribution is 2.04. The van der Waals surface area contributed by atoms with E-state index >= 15 is 0 Å². The van der Waals surface area contributed by atoms with Crippen molar-refractivity contribution in [2.24, 2.45) is 0 Å². The third-order valence-electron chi connectivity index (χ3n) is 2.30. The van der Waals surface area contributed by atoms with Crippen molar-refractivity contribution in [3.05, 3.63) is 0 Å². The molecule has 0 atom stereocenters. The van der Waals surface area contributed by atoms with E-state index in [1.165, 1.54) is 0 Å². The number of hydrogen-bond donors (Lipinski definition) is 1. The second-order valence-electron chi connectivity index (χ2n) is 3.49. The van der Waals surface area contributed by atoms with Crippen LogP contribution in [0.5, 0.6) is 0 Å². The maximum Gasteiger partial charge on any atom is 0.303 e. The van der Waals surface area contributed by atoms with Crippen LogP contribution in [0.15, 0.2) is 0 Å². The van der Waals surface area contributed by atoms with Crippen molar-refractivity contribution >= 4 is 15.8 Å². The van der Waals surface area contributed by atoms with E-state index in [9.17, 15) is 13.2 Å². The Hall–Kier alpha value is -0.620. The third kappa shape index (κ3) is 4.06. The number of nitrogens with zero attached hydrogens (tertiary/aromatic N) is 1. The van der Waals surface area contributed by atoms with Gasteiger partial charge in [0.15, 0.2) is 9.84 Å². The van der Waals surface area contributed by atoms with Crippen LogP contribution in [-0.2, 0) is 14.6 Å². The predicted octanol–water partition coefficient (Wildman–Crippen LogP) is -0.418. The van der Waals surface area contributed by atoms with Crippen molar-refractivity contribution in [2.75, 3.05) is 31.1 Å². The molecule has 5 nitrogen and oxygen atoms in total. The molecule has 0 aromatic carbocycles. The predicted molar refractivity (Wildman–Crippen MR) is 52.0 cm³/mol. The number of aliphatic carboxylic acids is 1. The lowest BCUT2D eigenvalue weighted by Gasteiger charge is -2.25. The van der Waals surface area contributed by atoms with Crippen LogP contribution < -0.4 is 0 Å². The number of hydrogen-bond acceptors (Lipinski definition) is 4. The van der Waals surface area contributed by atoms with Gasteiger partial charge in [0.05, 0.1) is 11.5 Å². The van der Waals surface area contributed by atoms with Gasteiger partial charge in [-0.25, -0.2) is 8.42 Å². The minimum absolute atomic E-state index is 0.156. The van der Waals surface area contributed by atoms with Gasteiger partial charge in [0.25, 0.3) is 0 Å². The molecular formula is C8H15NO4S. The fraction of sp³-hybridized carbons (Fsp3) is 0.875. The van der Waals surface area contributed by atoms with E-state index in [-0.39, 0.29) is 17.9 Å². The zero-order valence-electron chi connectivity index (χ0n) is 7.98. The molecule has 1 saturated heterocycles. The molecule has 6 heteroatoms. The molecule has 82 valence electrons. The van der Waals surface area contributed by atoms with Crippen LogP contribution >= 0.6 is 0 Å². The van der Waals surface area contributed by atoms with Gasteiger partial charge >= 0.3 is 5.97 Å². The standard InChI is InChI=1S/C8H15NO4S/c10-8(11)2-1-3-9-4-6-14(12,13)7-5-9/h1-7H2,(H,10,11). The minimum Gasteiger partial charge on any atom is -0.481 e. The third-order valence-corrected chi connectivity index (χ3v) is 3.91. The summed E-state index contributed by atoms with van der Waals surface area (Å²) in [7, 11) is -2.82. The highest BCUT2D eigenvalue weighted by molar-refractivity contribution is 7.91. The van der Waals surface area contributed by atoms with Crippen LogP contribution in [0.25, 0.3) is 0 Å². The molecule has 0 aromatic rings. The Balaban J connectivity index is 2.19. The number of rotatable bonds is 4. The number of carboxylic acid groups (broad SMARTS) is 1. The molecule has 0 radical (unpaired) electrons. The smallest absolute Gasteiger partial charge is 0.303 e. The first-order valence-electron chi connectivity index (χ1n) is 4.64. The van der Waals surface area contributed by atoms with E-state index in [0.29, 0.717) is 26.1 Å². The van der Waals surface area contributed by atoms with Crippen LogP contribution in [0.4, 0.5) is 0 Å². The zero-order chi connectivity index (χ0) is 10.6. The van der Waals surface area contributed by atoms with Crippen LogP contribution in [0.1, 0.15) is 12.8 Å². The lowest BCUT2D eigenvalue weighted by atomic mass is 10.3. The lowest BCUT2D eigenvalue weighted by Crippen LogP contribution is -2.40. The van der Waals surface area contributed by atoms with Gasteiger partial charge in [-0.3, -0.25) is 4.79 Å². The molecule has 0 bridgehead atoms. The Morgan fingerprint density at radius 3 is 2.36 bits per heavy atom. The van der Waals surface area contributed by atoms with Crippen molar-refractivity contribution in [1.82, 2.24) is 4.90 Å². The van der Waals surface area contributed by atoms with Crippen molar-refractivity contribution in [3.8, 4) is 0 Å². The Labute approximate surface area is 83.6 Å². The van der Waals surface area contributed by atoms with Crippen LogP contribution in [0.2, 0.25) is 0 Å². The topological polar surface area (TPSA) is 74.7 Å². The molecule has 1 N–H and O–H groups in total. The van der Waals surface area contributed by atoms with E-state index in [4.69, 9.17) is 5.11 Å². The molecule has 0 aliphatic carbocycles. The number of carboxylic acids is 1. The molecule has 0 saturated carbocycles. The Morgan fingerprint density at radius 2 is 1.86 bits per heavy atom. The highest BCUT2D eigenvalue weighted by Gasteiger charge is 2.20. The summed E-state index contributed by atoms with van der Waals surface area (Å²) in [5.74, 6) is -0.380. The van der Waals surface area contributed by atoms with Crippen molar-refractivity contribution < 1.29 is 18.3 Å².